The number of primary sulfonamides is 1. The van der Waals surface area contributed by atoms with Crippen LogP contribution in [0.3, 0.4) is 0 Å². The molecule has 2 N–H and O–H groups in total. The van der Waals surface area contributed by atoms with Gasteiger partial charge in [0.2, 0.25) is 10.0 Å². The average molecular weight is 292 g/mol. The molecule has 0 atom stereocenters. The van der Waals surface area contributed by atoms with E-state index in [-0.39, 0.29) is 10.0 Å². The summed E-state index contributed by atoms with van der Waals surface area (Å²) in [6.07, 6.45) is 0. The topological polar surface area (TPSA) is 69.4 Å². The fourth-order valence-corrected chi connectivity index (χ4v) is 2.51. The van der Waals surface area contributed by atoms with Crippen LogP contribution in [0.5, 0.6) is 5.75 Å². The molecule has 4 nitrogen and oxygen atoms in total. The number of sulfonamides is 1. The first-order chi connectivity index (χ1) is 7.21. The zero-order valence-electron chi connectivity index (χ0n) is 7.45. The van der Waals surface area contributed by atoms with Crippen molar-refractivity contribution in [1.82, 2.24) is 0 Å². The van der Waals surface area contributed by atoms with Gasteiger partial charge in [-0.25, -0.2) is 13.6 Å². The van der Waals surface area contributed by atoms with Crippen molar-refractivity contribution in [3.8, 4) is 5.75 Å². The third-order valence-electron chi connectivity index (χ3n) is 1.47. The van der Waals surface area contributed by atoms with Crippen molar-refractivity contribution in [2.45, 2.75) is 11.5 Å². The molecular formula is C7H5Cl2F2NO3S. The molecule has 0 aliphatic heterocycles. The van der Waals surface area contributed by atoms with Crippen molar-refractivity contribution in [2.24, 2.45) is 5.14 Å². The Morgan fingerprint density at radius 1 is 1.31 bits per heavy atom. The van der Waals surface area contributed by atoms with E-state index in [1.165, 1.54) is 0 Å². The highest BCUT2D eigenvalue weighted by atomic mass is 35.5. The minimum atomic E-state index is -4.28. The fraction of sp³-hybridized carbons (Fsp3) is 0.143. The summed E-state index contributed by atoms with van der Waals surface area (Å²) in [6.45, 7) is -3.21. The second-order valence-corrected chi connectivity index (χ2v) is 4.98. The molecule has 0 aliphatic rings. The van der Waals surface area contributed by atoms with Crippen LogP contribution < -0.4 is 9.88 Å². The first kappa shape index (κ1) is 13.4. The van der Waals surface area contributed by atoms with E-state index in [0.29, 0.717) is 0 Å². The molecule has 0 unspecified atom stereocenters. The summed E-state index contributed by atoms with van der Waals surface area (Å²) in [5.41, 5.74) is 0. The summed E-state index contributed by atoms with van der Waals surface area (Å²) in [6, 6.07) is 1.94. The van der Waals surface area contributed by atoms with Crippen LogP contribution >= 0.6 is 23.2 Å². The van der Waals surface area contributed by atoms with E-state index in [1.54, 1.807) is 0 Å². The van der Waals surface area contributed by atoms with Crippen molar-refractivity contribution in [1.29, 1.82) is 0 Å². The van der Waals surface area contributed by atoms with Crippen LogP contribution in [-0.4, -0.2) is 15.0 Å². The van der Waals surface area contributed by atoms with E-state index in [2.05, 4.69) is 4.74 Å². The fourth-order valence-electron chi connectivity index (χ4n) is 0.996. The quantitative estimate of drug-likeness (QED) is 0.928. The van der Waals surface area contributed by atoms with Crippen LogP contribution in [0.1, 0.15) is 0 Å². The van der Waals surface area contributed by atoms with Crippen LogP contribution in [0.4, 0.5) is 8.78 Å². The van der Waals surface area contributed by atoms with Crippen LogP contribution in [-0.2, 0) is 10.0 Å². The lowest BCUT2D eigenvalue weighted by molar-refractivity contribution is -0.0517. The summed E-state index contributed by atoms with van der Waals surface area (Å²) >= 11 is 11.0. The van der Waals surface area contributed by atoms with Gasteiger partial charge in [0, 0.05) is 11.1 Å². The lowest BCUT2D eigenvalue weighted by Gasteiger charge is -2.10. The van der Waals surface area contributed by atoms with Crippen LogP contribution in [0.25, 0.3) is 0 Å². The minimum Gasteiger partial charge on any atom is -0.433 e. The van der Waals surface area contributed by atoms with Crippen molar-refractivity contribution in [3.05, 3.63) is 22.2 Å². The molecule has 1 aromatic carbocycles. The second-order valence-electron chi connectivity index (χ2n) is 2.64. The van der Waals surface area contributed by atoms with Gasteiger partial charge in [0.05, 0.1) is 5.02 Å². The summed E-state index contributed by atoms with van der Waals surface area (Å²) in [5, 5.41) is 4.37. The van der Waals surface area contributed by atoms with Gasteiger partial charge in [-0.2, -0.15) is 8.78 Å². The first-order valence-corrected chi connectivity index (χ1v) is 5.98. The molecule has 0 spiro atoms. The highest BCUT2D eigenvalue weighted by Crippen LogP contribution is 2.34. The van der Waals surface area contributed by atoms with E-state index >= 15 is 0 Å². The predicted molar refractivity (Wildman–Crippen MR) is 54.5 cm³/mol. The molecule has 0 saturated heterocycles. The van der Waals surface area contributed by atoms with E-state index in [1.807, 2.05) is 0 Å². The highest BCUT2D eigenvalue weighted by Gasteiger charge is 2.22. The summed E-state index contributed by atoms with van der Waals surface area (Å²) in [7, 11) is -4.28. The maximum Gasteiger partial charge on any atom is 0.387 e. The number of ether oxygens (including phenoxy) is 1. The molecule has 90 valence electrons. The zero-order chi connectivity index (χ0) is 12.5. The third-order valence-corrected chi connectivity index (χ3v) is 3.09. The molecule has 9 heteroatoms. The van der Waals surface area contributed by atoms with Gasteiger partial charge in [-0.1, -0.05) is 23.2 Å². The Labute approximate surface area is 99.9 Å². The van der Waals surface area contributed by atoms with E-state index in [9.17, 15) is 17.2 Å². The molecule has 0 radical (unpaired) electrons. The lowest BCUT2D eigenvalue weighted by Crippen LogP contribution is -2.16. The summed E-state index contributed by atoms with van der Waals surface area (Å²) in [5.74, 6) is -0.685. The van der Waals surface area contributed by atoms with Gasteiger partial charge in [0.1, 0.15) is 10.6 Å². The molecule has 1 aromatic rings. The van der Waals surface area contributed by atoms with Crippen molar-refractivity contribution in [2.75, 3.05) is 0 Å². The van der Waals surface area contributed by atoms with Crippen molar-refractivity contribution < 1.29 is 21.9 Å². The van der Waals surface area contributed by atoms with Crippen molar-refractivity contribution >= 4 is 33.2 Å². The van der Waals surface area contributed by atoms with Gasteiger partial charge in [0.15, 0.2) is 0 Å². The van der Waals surface area contributed by atoms with E-state index in [4.69, 9.17) is 28.3 Å². The molecule has 1 rings (SSSR count). The largest absolute Gasteiger partial charge is 0.433 e. The van der Waals surface area contributed by atoms with E-state index in [0.717, 1.165) is 12.1 Å². The molecular weight excluding hydrogens is 287 g/mol. The number of halogens is 4. The molecule has 0 amide bonds. The molecule has 0 aromatic heterocycles. The maximum absolute atomic E-state index is 12.0. The van der Waals surface area contributed by atoms with Crippen LogP contribution in [0.15, 0.2) is 17.0 Å². The van der Waals surface area contributed by atoms with Gasteiger partial charge in [-0.3, -0.25) is 0 Å². The summed E-state index contributed by atoms with van der Waals surface area (Å²) in [4.78, 5) is -0.723. The molecule has 16 heavy (non-hydrogen) atoms. The van der Waals surface area contributed by atoms with Crippen LogP contribution in [0.2, 0.25) is 10.0 Å². The number of hydrogen-bond donors (Lipinski definition) is 1. The summed E-state index contributed by atoms with van der Waals surface area (Å²) < 4.78 is 50.2. The SMILES string of the molecule is NS(=O)(=O)c1c(Cl)cc(Cl)cc1OC(F)F. The average Bonchev–Trinajstić information content (AvgIpc) is 1.96. The number of nitrogens with two attached hydrogens (primary N) is 1. The Morgan fingerprint density at radius 3 is 2.31 bits per heavy atom. The maximum atomic E-state index is 12.0. The number of hydrogen-bond acceptors (Lipinski definition) is 3. The predicted octanol–water partition coefficient (Wildman–Crippen LogP) is 2.24. The van der Waals surface area contributed by atoms with Crippen molar-refractivity contribution in [3.63, 3.8) is 0 Å². The molecule has 0 saturated carbocycles. The van der Waals surface area contributed by atoms with Gasteiger partial charge < -0.3 is 4.74 Å². The highest BCUT2D eigenvalue weighted by molar-refractivity contribution is 7.89. The second kappa shape index (κ2) is 4.70. The molecule has 0 aliphatic carbocycles. The van der Waals surface area contributed by atoms with E-state index < -0.39 is 27.3 Å². The smallest absolute Gasteiger partial charge is 0.387 e. The lowest BCUT2D eigenvalue weighted by atomic mass is 10.3. The Morgan fingerprint density at radius 2 is 1.88 bits per heavy atom. The minimum absolute atomic E-state index is 0.0481. The first-order valence-electron chi connectivity index (χ1n) is 3.68. The standard InChI is InChI=1S/C7H5Cl2F2NO3S/c8-3-1-4(9)6(16(12,13)14)5(2-3)15-7(10)11/h1-2,7H,(H2,12,13,14). The Balaban J connectivity index is 3.45. The Hall–Kier alpha value is -0.630. The van der Waals surface area contributed by atoms with Gasteiger partial charge in [-0.05, 0) is 6.07 Å². The Kier molecular flexibility index (Phi) is 3.95. The Bertz CT molecular complexity index is 507. The molecule has 0 bridgehead atoms. The third kappa shape index (κ3) is 3.18. The molecule has 0 heterocycles. The van der Waals surface area contributed by atoms with Crippen LogP contribution in [0, 0.1) is 0 Å². The van der Waals surface area contributed by atoms with Gasteiger partial charge in [-0.15, -0.1) is 0 Å². The van der Waals surface area contributed by atoms with Gasteiger partial charge in [0.25, 0.3) is 0 Å². The number of rotatable bonds is 3. The number of benzene rings is 1. The van der Waals surface area contributed by atoms with Gasteiger partial charge >= 0.3 is 6.61 Å². The normalized spacial score (nSPS) is 11.9. The molecule has 0 fully saturated rings. The number of alkyl halides is 2. The monoisotopic (exact) mass is 291 g/mol. The zero-order valence-corrected chi connectivity index (χ0v) is 9.78.